The molecule has 0 aliphatic rings. The summed E-state index contributed by atoms with van der Waals surface area (Å²) in [5.41, 5.74) is 9.56. The SMILES string of the molecule is Nc1ccc2cnccc2c1.O=C(CCc1ccccc1)Nc1ccc2cnccc2c1.O=C(Cl)CCc1ccccc1. The molecule has 4 aromatic carbocycles. The zero-order valence-electron chi connectivity index (χ0n) is 23.7. The Bertz CT molecular complexity index is 1760. The number of carbonyl (C=O) groups is 2. The van der Waals surface area contributed by atoms with Gasteiger partial charge in [-0.15, -0.1) is 0 Å². The maximum Gasteiger partial charge on any atom is 0.224 e. The summed E-state index contributed by atoms with van der Waals surface area (Å²) < 4.78 is 0. The maximum absolute atomic E-state index is 12.0. The number of anilines is 2. The predicted molar refractivity (Wildman–Crippen MR) is 177 cm³/mol. The summed E-state index contributed by atoms with van der Waals surface area (Å²) in [5.74, 6) is 0.0345. The first kappa shape index (κ1) is 30.9. The molecule has 216 valence electrons. The third-order valence-electron chi connectivity index (χ3n) is 6.53. The van der Waals surface area contributed by atoms with Crippen LogP contribution >= 0.6 is 11.6 Å². The molecular formula is C36H33ClN4O2. The Labute approximate surface area is 256 Å². The van der Waals surface area contributed by atoms with Crippen molar-refractivity contribution in [2.24, 2.45) is 0 Å². The number of rotatable bonds is 7. The molecule has 0 aliphatic carbocycles. The number of hydrogen-bond acceptors (Lipinski definition) is 5. The molecule has 6 aromatic rings. The Balaban J connectivity index is 0.000000162. The van der Waals surface area contributed by atoms with E-state index in [-0.39, 0.29) is 11.1 Å². The summed E-state index contributed by atoms with van der Waals surface area (Å²) in [6, 6.07) is 35.4. The molecule has 0 saturated carbocycles. The van der Waals surface area contributed by atoms with Crippen LogP contribution in [0.15, 0.2) is 134 Å². The first-order chi connectivity index (χ1) is 21.0. The van der Waals surface area contributed by atoms with Crippen molar-refractivity contribution in [3.63, 3.8) is 0 Å². The van der Waals surface area contributed by atoms with E-state index < -0.39 is 0 Å². The molecule has 0 spiro atoms. The number of nitrogens with two attached hydrogens (primary N) is 1. The minimum atomic E-state index is -0.270. The third kappa shape index (κ3) is 10.7. The molecule has 0 bridgehead atoms. The van der Waals surface area contributed by atoms with Crippen LogP contribution in [0, 0.1) is 0 Å². The Morgan fingerprint density at radius 3 is 1.74 bits per heavy atom. The van der Waals surface area contributed by atoms with Crippen molar-refractivity contribution < 1.29 is 9.59 Å². The normalized spacial score (nSPS) is 10.2. The summed E-state index contributed by atoms with van der Waals surface area (Å²) in [6.07, 6.45) is 9.56. The van der Waals surface area contributed by atoms with Crippen LogP contribution in [0.25, 0.3) is 21.5 Å². The summed E-state index contributed by atoms with van der Waals surface area (Å²) in [4.78, 5) is 30.5. The second-order valence-electron chi connectivity index (χ2n) is 9.79. The average Bonchev–Trinajstić information content (AvgIpc) is 3.04. The fourth-order valence-electron chi connectivity index (χ4n) is 4.28. The van der Waals surface area contributed by atoms with Gasteiger partial charge < -0.3 is 11.1 Å². The van der Waals surface area contributed by atoms with Crippen molar-refractivity contribution in [3.05, 3.63) is 145 Å². The number of fused-ring (bicyclic) bond motifs is 2. The van der Waals surface area contributed by atoms with Crippen LogP contribution in [-0.4, -0.2) is 21.1 Å². The van der Waals surface area contributed by atoms with E-state index in [2.05, 4.69) is 15.3 Å². The molecule has 0 radical (unpaired) electrons. The largest absolute Gasteiger partial charge is 0.399 e. The molecule has 0 aliphatic heterocycles. The number of nitrogens with one attached hydrogen (secondary N) is 1. The molecule has 6 nitrogen and oxygen atoms in total. The highest BCUT2D eigenvalue weighted by Crippen LogP contribution is 2.18. The highest BCUT2D eigenvalue weighted by Gasteiger charge is 2.04. The highest BCUT2D eigenvalue weighted by atomic mass is 35.5. The van der Waals surface area contributed by atoms with Crippen LogP contribution in [-0.2, 0) is 22.4 Å². The van der Waals surface area contributed by atoms with Crippen LogP contribution in [0.4, 0.5) is 11.4 Å². The fraction of sp³-hybridized carbons (Fsp3) is 0.111. The smallest absolute Gasteiger partial charge is 0.224 e. The summed E-state index contributed by atoms with van der Waals surface area (Å²) >= 11 is 5.19. The average molecular weight is 589 g/mol. The first-order valence-corrected chi connectivity index (χ1v) is 14.3. The summed E-state index contributed by atoms with van der Waals surface area (Å²) in [5, 5.41) is 7.08. The van der Waals surface area contributed by atoms with E-state index >= 15 is 0 Å². The van der Waals surface area contributed by atoms with Crippen molar-refractivity contribution in [1.29, 1.82) is 0 Å². The van der Waals surface area contributed by atoms with Gasteiger partial charge >= 0.3 is 0 Å². The van der Waals surface area contributed by atoms with Gasteiger partial charge in [0, 0.05) is 59.8 Å². The summed E-state index contributed by atoms with van der Waals surface area (Å²) in [7, 11) is 0. The maximum atomic E-state index is 12.0. The zero-order valence-corrected chi connectivity index (χ0v) is 24.5. The Kier molecular flexibility index (Phi) is 11.8. The zero-order chi connectivity index (χ0) is 30.3. The van der Waals surface area contributed by atoms with E-state index in [0.29, 0.717) is 12.8 Å². The van der Waals surface area contributed by atoms with E-state index in [1.54, 1.807) is 12.4 Å². The predicted octanol–water partition coefficient (Wildman–Crippen LogP) is 8.01. The number of halogens is 1. The van der Waals surface area contributed by atoms with Crippen molar-refractivity contribution in [2.75, 3.05) is 11.1 Å². The topological polar surface area (TPSA) is 98.0 Å². The second kappa shape index (κ2) is 16.4. The number of pyridine rings is 2. The Morgan fingerprint density at radius 2 is 1.16 bits per heavy atom. The minimum Gasteiger partial charge on any atom is -0.399 e. The van der Waals surface area contributed by atoms with Crippen molar-refractivity contribution in [1.82, 2.24) is 9.97 Å². The van der Waals surface area contributed by atoms with E-state index in [1.807, 2.05) is 122 Å². The molecular weight excluding hydrogens is 556 g/mol. The number of benzene rings is 4. The minimum absolute atomic E-state index is 0.0345. The molecule has 0 saturated heterocycles. The number of nitrogens with zero attached hydrogens (tertiary/aromatic N) is 2. The highest BCUT2D eigenvalue weighted by molar-refractivity contribution is 6.63. The Morgan fingerprint density at radius 1 is 0.628 bits per heavy atom. The number of amides is 1. The lowest BCUT2D eigenvalue weighted by atomic mass is 10.1. The number of nitrogen functional groups attached to an aromatic ring is 1. The van der Waals surface area contributed by atoms with Crippen LogP contribution in [0.5, 0.6) is 0 Å². The van der Waals surface area contributed by atoms with E-state index in [9.17, 15) is 9.59 Å². The summed E-state index contributed by atoms with van der Waals surface area (Å²) in [6.45, 7) is 0. The van der Waals surface area contributed by atoms with Gasteiger partial charge in [0.05, 0.1) is 0 Å². The molecule has 6 rings (SSSR count). The standard InChI is InChI=1S/C18H16N2O.C9H9ClO.C9H8N2/c21-18(9-6-14-4-2-1-3-5-14)20-17-8-7-16-13-19-11-10-15(16)12-17;10-9(11)7-6-8-4-2-1-3-5-8;10-9-2-1-8-6-11-4-3-7(8)5-9/h1-5,7-8,10-13H,6,9H2,(H,20,21);1-5H,6-7H2;1-6H,10H2. The van der Waals surface area contributed by atoms with Gasteiger partial charge in [0.2, 0.25) is 11.1 Å². The van der Waals surface area contributed by atoms with Crippen LogP contribution < -0.4 is 11.1 Å². The molecule has 0 atom stereocenters. The third-order valence-corrected chi connectivity index (χ3v) is 6.71. The lowest BCUT2D eigenvalue weighted by Crippen LogP contribution is -2.12. The van der Waals surface area contributed by atoms with Crippen LogP contribution in [0.1, 0.15) is 24.0 Å². The number of carbonyl (C=O) groups excluding carboxylic acids is 2. The monoisotopic (exact) mass is 588 g/mol. The molecule has 2 heterocycles. The molecule has 1 amide bonds. The number of aromatic nitrogens is 2. The molecule has 7 heteroatoms. The number of hydrogen-bond donors (Lipinski definition) is 2. The lowest BCUT2D eigenvalue weighted by molar-refractivity contribution is -0.116. The molecule has 0 fully saturated rings. The second-order valence-corrected chi connectivity index (χ2v) is 10.2. The van der Waals surface area contributed by atoms with E-state index in [1.165, 1.54) is 5.56 Å². The molecule has 43 heavy (non-hydrogen) atoms. The van der Waals surface area contributed by atoms with Gasteiger partial charge in [-0.05, 0) is 82.7 Å². The quantitative estimate of drug-likeness (QED) is 0.145. The van der Waals surface area contributed by atoms with Crippen molar-refractivity contribution in [3.8, 4) is 0 Å². The van der Waals surface area contributed by atoms with Gasteiger partial charge in [-0.25, -0.2) is 0 Å². The van der Waals surface area contributed by atoms with Gasteiger partial charge in [-0.2, -0.15) is 0 Å². The first-order valence-electron chi connectivity index (χ1n) is 14.0. The lowest BCUT2D eigenvalue weighted by Gasteiger charge is -2.06. The number of aryl methyl sites for hydroxylation is 2. The van der Waals surface area contributed by atoms with Gasteiger partial charge in [0.15, 0.2) is 0 Å². The van der Waals surface area contributed by atoms with Crippen molar-refractivity contribution >= 4 is 55.7 Å². The van der Waals surface area contributed by atoms with Gasteiger partial charge in [0.25, 0.3) is 0 Å². The van der Waals surface area contributed by atoms with Gasteiger partial charge in [-0.3, -0.25) is 19.6 Å². The van der Waals surface area contributed by atoms with Gasteiger partial charge in [-0.1, -0.05) is 72.8 Å². The van der Waals surface area contributed by atoms with Crippen LogP contribution in [0.3, 0.4) is 0 Å². The van der Waals surface area contributed by atoms with Crippen molar-refractivity contribution in [2.45, 2.75) is 25.7 Å². The molecule has 2 aromatic heterocycles. The van der Waals surface area contributed by atoms with E-state index in [4.69, 9.17) is 17.3 Å². The molecule has 0 unspecified atom stereocenters. The fourth-order valence-corrected chi connectivity index (χ4v) is 4.37. The Hall–Kier alpha value is -5.07. The molecule has 3 N–H and O–H groups in total. The van der Waals surface area contributed by atoms with E-state index in [0.717, 1.165) is 51.3 Å². The van der Waals surface area contributed by atoms with Crippen LogP contribution in [0.2, 0.25) is 0 Å². The van der Waals surface area contributed by atoms with Gasteiger partial charge in [0.1, 0.15) is 0 Å².